The zero-order valence-electron chi connectivity index (χ0n) is 18.3. The smallest absolute Gasteiger partial charge is 0.214 e. The standard InChI is InChI=1S/C23H28ClN5O2S/c1-28(19-7-5-18(6-8-19)27-32-26)21-9-3-16(13-25)12-22(21)29(15-30)14-17-4-10-23(31-2)20(24)11-17/h3-4,9-12,15,18-19,27H,5-8,14,26H2,1-2H3. The molecule has 2 aromatic carbocycles. The van der Waals surface area contributed by atoms with Gasteiger partial charge in [0, 0.05) is 31.3 Å². The minimum absolute atomic E-state index is 0.327. The molecule has 1 aliphatic carbocycles. The highest BCUT2D eigenvalue weighted by Gasteiger charge is 2.26. The normalized spacial score (nSPS) is 18.0. The summed E-state index contributed by atoms with van der Waals surface area (Å²) in [7, 11) is 3.61. The molecule has 3 rings (SSSR count). The maximum atomic E-state index is 12.1. The quantitative estimate of drug-likeness (QED) is 0.415. The lowest BCUT2D eigenvalue weighted by Crippen LogP contribution is -2.40. The molecule has 1 amide bonds. The lowest BCUT2D eigenvalue weighted by atomic mass is 9.90. The Morgan fingerprint density at radius 1 is 1.25 bits per heavy atom. The topological polar surface area (TPSA) is 94.6 Å². The van der Waals surface area contributed by atoms with Crippen LogP contribution in [0.5, 0.6) is 5.75 Å². The first-order valence-electron chi connectivity index (χ1n) is 10.4. The summed E-state index contributed by atoms with van der Waals surface area (Å²) in [6, 6.07) is 13.9. The SMILES string of the molecule is COc1ccc(CN(C=O)c2cc(C#N)ccc2N(C)C2CCC(NSN)CC2)cc1Cl. The second-order valence-electron chi connectivity index (χ2n) is 7.87. The molecular formula is C23H28ClN5O2S. The van der Waals surface area contributed by atoms with E-state index in [4.69, 9.17) is 21.5 Å². The van der Waals surface area contributed by atoms with Crippen molar-refractivity contribution in [2.45, 2.75) is 44.3 Å². The Kier molecular flexibility index (Phi) is 8.65. The first-order chi connectivity index (χ1) is 15.5. The molecule has 0 atom stereocenters. The van der Waals surface area contributed by atoms with Crippen LogP contribution in [0.25, 0.3) is 0 Å². The number of methoxy groups -OCH3 is 1. The highest BCUT2D eigenvalue weighted by Crippen LogP contribution is 2.35. The zero-order chi connectivity index (χ0) is 23.1. The average Bonchev–Trinajstić information content (AvgIpc) is 2.82. The maximum absolute atomic E-state index is 12.1. The van der Waals surface area contributed by atoms with Gasteiger partial charge in [-0.3, -0.25) is 9.93 Å². The number of nitrogens with two attached hydrogens (primary N) is 1. The Morgan fingerprint density at radius 2 is 2.00 bits per heavy atom. The lowest BCUT2D eigenvalue weighted by molar-refractivity contribution is -0.107. The molecule has 0 aliphatic heterocycles. The van der Waals surface area contributed by atoms with Crippen molar-refractivity contribution >= 4 is 41.5 Å². The van der Waals surface area contributed by atoms with E-state index >= 15 is 0 Å². The minimum Gasteiger partial charge on any atom is -0.495 e. The monoisotopic (exact) mass is 473 g/mol. The van der Waals surface area contributed by atoms with Crippen molar-refractivity contribution in [1.82, 2.24) is 4.72 Å². The molecule has 3 N–H and O–H groups in total. The number of carbonyl (C=O) groups excluding carboxylic acids is 1. The summed E-state index contributed by atoms with van der Waals surface area (Å²) in [4.78, 5) is 16.0. The predicted molar refractivity (Wildman–Crippen MR) is 131 cm³/mol. The van der Waals surface area contributed by atoms with Crippen LogP contribution in [0.4, 0.5) is 11.4 Å². The number of amides is 1. The van der Waals surface area contributed by atoms with Crippen LogP contribution in [-0.4, -0.2) is 32.7 Å². The van der Waals surface area contributed by atoms with E-state index in [1.165, 1.54) is 12.1 Å². The van der Waals surface area contributed by atoms with Crippen LogP contribution >= 0.6 is 23.7 Å². The minimum atomic E-state index is 0.327. The number of nitrogens with one attached hydrogen (secondary N) is 1. The van der Waals surface area contributed by atoms with Crippen molar-refractivity contribution in [3.8, 4) is 11.8 Å². The Morgan fingerprint density at radius 3 is 2.59 bits per heavy atom. The predicted octanol–water partition coefficient (Wildman–Crippen LogP) is 4.24. The molecule has 32 heavy (non-hydrogen) atoms. The van der Waals surface area contributed by atoms with Gasteiger partial charge in [-0.2, -0.15) is 5.26 Å². The summed E-state index contributed by atoms with van der Waals surface area (Å²) in [5.41, 5.74) is 2.99. The van der Waals surface area contributed by atoms with Crippen molar-refractivity contribution in [3.63, 3.8) is 0 Å². The van der Waals surface area contributed by atoms with Crippen molar-refractivity contribution < 1.29 is 9.53 Å². The number of hydrogen-bond donors (Lipinski definition) is 2. The van der Waals surface area contributed by atoms with Crippen molar-refractivity contribution in [1.29, 1.82) is 5.26 Å². The number of anilines is 2. The van der Waals surface area contributed by atoms with Gasteiger partial charge in [0.1, 0.15) is 5.75 Å². The third-order valence-corrected chi connectivity index (χ3v) is 6.73. The Hall–Kier alpha value is -2.44. The van der Waals surface area contributed by atoms with Crippen LogP contribution in [0.2, 0.25) is 5.02 Å². The number of hydrogen-bond acceptors (Lipinski definition) is 7. The summed E-state index contributed by atoms with van der Waals surface area (Å²) in [5.74, 6) is 0.582. The summed E-state index contributed by atoms with van der Waals surface area (Å²) in [6.07, 6.45) is 4.90. The summed E-state index contributed by atoms with van der Waals surface area (Å²) in [5, 5.41) is 15.5. The number of carbonyl (C=O) groups is 1. The van der Waals surface area contributed by atoms with Crippen LogP contribution in [-0.2, 0) is 11.3 Å². The molecule has 0 bridgehead atoms. The van der Waals surface area contributed by atoms with Gasteiger partial charge in [-0.15, -0.1) is 0 Å². The van der Waals surface area contributed by atoms with Gasteiger partial charge in [-0.25, -0.2) is 4.72 Å². The Balaban J connectivity index is 1.86. The van der Waals surface area contributed by atoms with E-state index in [1.54, 1.807) is 36.3 Å². The second-order valence-corrected chi connectivity index (χ2v) is 8.75. The number of nitriles is 1. The van der Waals surface area contributed by atoms with Gasteiger partial charge >= 0.3 is 0 Å². The molecule has 1 fully saturated rings. The van der Waals surface area contributed by atoms with Gasteiger partial charge in [0.15, 0.2) is 0 Å². The van der Waals surface area contributed by atoms with E-state index in [-0.39, 0.29) is 0 Å². The summed E-state index contributed by atoms with van der Waals surface area (Å²) in [6.45, 7) is 0.327. The lowest BCUT2D eigenvalue weighted by Gasteiger charge is -2.37. The van der Waals surface area contributed by atoms with Crippen molar-refractivity contribution in [2.24, 2.45) is 5.14 Å². The summed E-state index contributed by atoms with van der Waals surface area (Å²) >= 11 is 7.44. The van der Waals surface area contributed by atoms with Crippen LogP contribution in [0.1, 0.15) is 36.8 Å². The van der Waals surface area contributed by atoms with Crippen LogP contribution in [0, 0.1) is 11.3 Å². The molecule has 0 heterocycles. The fourth-order valence-electron chi connectivity index (χ4n) is 4.18. The molecule has 9 heteroatoms. The highest BCUT2D eigenvalue weighted by atomic mass is 35.5. The van der Waals surface area contributed by atoms with Crippen LogP contribution in [0.15, 0.2) is 36.4 Å². The zero-order valence-corrected chi connectivity index (χ0v) is 19.8. The largest absolute Gasteiger partial charge is 0.495 e. The molecule has 7 nitrogen and oxygen atoms in total. The molecule has 1 aliphatic rings. The van der Waals surface area contributed by atoms with Gasteiger partial charge in [0.2, 0.25) is 6.41 Å². The van der Waals surface area contributed by atoms with Gasteiger partial charge in [0.25, 0.3) is 0 Å². The first-order valence-corrected chi connectivity index (χ1v) is 11.7. The van der Waals surface area contributed by atoms with E-state index in [1.807, 2.05) is 19.2 Å². The molecule has 0 saturated heterocycles. The van der Waals surface area contributed by atoms with Crippen LogP contribution in [0.3, 0.4) is 0 Å². The molecule has 0 aromatic heterocycles. The molecular weight excluding hydrogens is 446 g/mol. The second kappa shape index (κ2) is 11.4. The average molecular weight is 474 g/mol. The van der Waals surface area contributed by atoms with Gasteiger partial charge in [-0.1, -0.05) is 17.7 Å². The van der Waals surface area contributed by atoms with E-state index in [2.05, 4.69) is 15.7 Å². The number of rotatable bonds is 9. The number of halogens is 1. The van der Waals surface area contributed by atoms with E-state index in [0.29, 0.717) is 40.7 Å². The van der Waals surface area contributed by atoms with Gasteiger partial charge in [-0.05, 0) is 61.6 Å². The molecule has 170 valence electrons. The van der Waals surface area contributed by atoms with Crippen LogP contribution < -0.4 is 24.4 Å². The Bertz CT molecular complexity index is 975. The summed E-state index contributed by atoms with van der Waals surface area (Å²) < 4.78 is 8.46. The molecule has 0 unspecified atom stereocenters. The third kappa shape index (κ3) is 5.67. The fourth-order valence-corrected chi connectivity index (χ4v) is 4.89. The first kappa shape index (κ1) is 24.2. The van der Waals surface area contributed by atoms with E-state index in [9.17, 15) is 10.1 Å². The third-order valence-electron chi connectivity index (χ3n) is 5.97. The van der Waals surface area contributed by atoms with E-state index in [0.717, 1.165) is 43.3 Å². The number of nitrogens with zero attached hydrogens (tertiary/aromatic N) is 3. The molecule has 1 saturated carbocycles. The van der Waals surface area contributed by atoms with E-state index < -0.39 is 0 Å². The van der Waals surface area contributed by atoms with Gasteiger partial charge < -0.3 is 14.5 Å². The molecule has 2 aromatic rings. The molecule has 0 radical (unpaired) electrons. The molecule has 0 spiro atoms. The maximum Gasteiger partial charge on any atom is 0.214 e. The van der Waals surface area contributed by atoms with Crippen molar-refractivity contribution in [3.05, 3.63) is 52.5 Å². The number of benzene rings is 2. The fraction of sp³-hybridized carbons (Fsp3) is 0.391. The van der Waals surface area contributed by atoms with Gasteiger partial charge in [0.05, 0.1) is 41.7 Å². The van der Waals surface area contributed by atoms with Crippen molar-refractivity contribution in [2.75, 3.05) is 24.0 Å². The number of ether oxygens (including phenoxy) is 1. The highest BCUT2D eigenvalue weighted by molar-refractivity contribution is 7.95. The Labute approximate surface area is 198 Å².